The van der Waals surface area contributed by atoms with Gasteiger partial charge in [-0.1, -0.05) is 29.5 Å². The van der Waals surface area contributed by atoms with Crippen molar-refractivity contribution in [1.82, 2.24) is 9.55 Å². The normalized spacial score (nSPS) is 11.0. The predicted octanol–water partition coefficient (Wildman–Crippen LogP) is 3.89. The standard InChI is InChI=1S/C16H13FN2OS/c1-10-3-5-11(6-4-10)15(20)19-14-8-7-12(17)9-13(14)18-16(19)21-2/h3-9H,1-2H3. The molecule has 0 aliphatic carbocycles. The SMILES string of the molecule is CSc1nc2cc(F)ccc2n1C(=O)c1ccc(C)cc1. The van der Waals surface area contributed by atoms with Crippen molar-refractivity contribution >= 4 is 28.7 Å². The number of hydrogen-bond donors (Lipinski definition) is 0. The lowest BCUT2D eigenvalue weighted by atomic mass is 10.1. The molecule has 0 N–H and O–H groups in total. The average Bonchev–Trinajstić information content (AvgIpc) is 2.84. The number of imidazole rings is 1. The van der Waals surface area contributed by atoms with Crippen LogP contribution in [0.4, 0.5) is 4.39 Å². The van der Waals surface area contributed by atoms with Gasteiger partial charge in [0.2, 0.25) is 0 Å². The van der Waals surface area contributed by atoms with Crippen LogP contribution < -0.4 is 0 Å². The lowest BCUT2D eigenvalue weighted by Gasteiger charge is -2.06. The summed E-state index contributed by atoms with van der Waals surface area (Å²) in [6.07, 6.45) is 1.84. The van der Waals surface area contributed by atoms with E-state index in [0.29, 0.717) is 21.8 Å². The Hall–Kier alpha value is -2.14. The highest BCUT2D eigenvalue weighted by atomic mass is 32.2. The van der Waals surface area contributed by atoms with Crippen LogP contribution in [0.1, 0.15) is 15.9 Å². The Morgan fingerprint density at radius 3 is 2.57 bits per heavy atom. The van der Waals surface area contributed by atoms with Crippen LogP contribution in [-0.4, -0.2) is 21.7 Å². The Labute approximate surface area is 125 Å². The molecule has 0 unspecified atom stereocenters. The molecule has 0 aliphatic heterocycles. The molecule has 5 heteroatoms. The third-order valence-electron chi connectivity index (χ3n) is 3.27. The van der Waals surface area contributed by atoms with E-state index in [1.165, 1.54) is 28.5 Å². The second kappa shape index (κ2) is 5.33. The zero-order valence-corrected chi connectivity index (χ0v) is 12.4. The maximum absolute atomic E-state index is 13.3. The third-order valence-corrected chi connectivity index (χ3v) is 3.91. The van der Waals surface area contributed by atoms with E-state index in [1.54, 1.807) is 18.2 Å². The van der Waals surface area contributed by atoms with Crippen molar-refractivity contribution in [2.45, 2.75) is 12.1 Å². The fraction of sp³-hybridized carbons (Fsp3) is 0.125. The summed E-state index contributed by atoms with van der Waals surface area (Å²) in [6.45, 7) is 1.97. The van der Waals surface area contributed by atoms with Crippen LogP contribution in [-0.2, 0) is 0 Å². The smallest absolute Gasteiger partial charge is 0.264 e. The summed E-state index contributed by atoms with van der Waals surface area (Å²) in [5.74, 6) is -0.518. The lowest BCUT2D eigenvalue weighted by molar-refractivity contribution is 0.0955. The van der Waals surface area contributed by atoms with Crippen molar-refractivity contribution in [3.8, 4) is 0 Å². The number of rotatable bonds is 2. The van der Waals surface area contributed by atoms with Gasteiger partial charge < -0.3 is 0 Å². The van der Waals surface area contributed by atoms with E-state index < -0.39 is 0 Å². The Bertz CT molecular complexity index is 824. The van der Waals surface area contributed by atoms with Gasteiger partial charge in [-0.15, -0.1) is 0 Å². The van der Waals surface area contributed by atoms with E-state index in [0.717, 1.165) is 5.56 Å². The highest BCUT2D eigenvalue weighted by Gasteiger charge is 2.18. The summed E-state index contributed by atoms with van der Waals surface area (Å²) in [6, 6.07) is 11.6. The Morgan fingerprint density at radius 1 is 1.19 bits per heavy atom. The number of hydrogen-bond acceptors (Lipinski definition) is 3. The van der Waals surface area contributed by atoms with Gasteiger partial charge in [0, 0.05) is 11.6 Å². The molecule has 3 nitrogen and oxygen atoms in total. The van der Waals surface area contributed by atoms with Gasteiger partial charge in [0.05, 0.1) is 11.0 Å². The Morgan fingerprint density at radius 2 is 1.90 bits per heavy atom. The largest absolute Gasteiger partial charge is 0.268 e. The minimum atomic E-state index is -0.359. The van der Waals surface area contributed by atoms with Gasteiger partial charge in [-0.05, 0) is 37.4 Å². The summed E-state index contributed by atoms with van der Waals surface area (Å²) in [4.78, 5) is 17.0. The molecule has 1 heterocycles. The maximum Gasteiger partial charge on any atom is 0.264 e. The molecule has 1 aromatic heterocycles. The topological polar surface area (TPSA) is 34.9 Å². The number of aromatic nitrogens is 2. The number of benzene rings is 2. The van der Waals surface area contributed by atoms with Crippen molar-refractivity contribution in [2.75, 3.05) is 6.26 Å². The van der Waals surface area contributed by atoms with Crippen molar-refractivity contribution in [2.24, 2.45) is 0 Å². The van der Waals surface area contributed by atoms with E-state index in [4.69, 9.17) is 0 Å². The summed E-state index contributed by atoms with van der Waals surface area (Å²) >= 11 is 1.36. The molecule has 2 aromatic carbocycles. The van der Waals surface area contributed by atoms with Crippen molar-refractivity contribution in [3.63, 3.8) is 0 Å². The number of thioether (sulfide) groups is 1. The Balaban J connectivity index is 2.18. The molecule has 0 aliphatic rings. The minimum absolute atomic E-state index is 0.159. The second-order valence-corrected chi connectivity index (χ2v) is 5.51. The van der Waals surface area contributed by atoms with Crippen LogP contribution in [0.2, 0.25) is 0 Å². The fourth-order valence-electron chi connectivity index (χ4n) is 2.19. The molecule has 0 atom stereocenters. The zero-order chi connectivity index (χ0) is 15.0. The van der Waals surface area contributed by atoms with Crippen LogP contribution in [0.25, 0.3) is 11.0 Å². The number of carbonyl (C=O) groups is 1. The Kier molecular flexibility index (Phi) is 3.51. The van der Waals surface area contributed by atoms with E-state index in [2.05, 4.69) is 4.98 Å². The van der Waals surface area contributed by atoms with Crippen LogP contribution in [0.15, 0.2) is 47.6 Å². The van der Waals surface area contributed by atoms with Gasteiger partial charge in [-0.2, -0.15) is 0 Å². The van der Waals surface area contributed by atoms with Crippen LogP contribution >= 0.6 is 11.8 Å². The number of fused-ring (bicyclic) bond motifs is 1. The number of nitrogens with zero attached hydrogens (tertiary/aromatic N) is 2. The maximum atomic E-state index is 13.3. The molecule has 0 radical (unpaired) electrons. The number of carbonyl (C=O) groups excluding carboxylic acids is 1. The molecule has 106 valence electrons. The molecular formula is C16H13FN2OS. The van der Waals surface area contributed by atoms with Gasteiger partial charge in [0.1, 0.15) is 5.82 Å². The quantitative estimate of drug-likeness (QED) is 0.673. The molecule has 0 saturated carbocycles. The molecule has 0 saturated heterocycles. The molecule has 0 bridgehead atoms. The van der Waals surface area contributed by atoms with Crippen LogP contribution in [0, 0.1) is 12.7 Å². The van der Waals surface area contributed by atoms with Crippen LogP contribution in [0.5, 0.6) is 0 Å². The summed E-state index contributed by atoms with van der Waals surface area (Å²) in [5.41, 5.74) is 2.78. The molecular weight excluding hydrogens is 287 g/mol. The van der Waals surface area contributed by atoms with Gasteiger partial charge in [0.15, 0.2) is 5.16 Å². The highest BCUT2D eigenvalue weighted by molar-refractivity contribution is 7.98. The first-order valence-corrected chi connectivity index (χ1v) is 7.66. The predicted molar refractivity (Wildman–Crippen MR) is 82.4 cm³/mol. The molecule has 21 heavy (non-hydrogen) atoms. The van der Waals surface area contributed by atoms with E-state index >= 15 is 0 Å². The molecule has 3 rings (SSSR count). The minimum Gasteiger partial charge on any atom is -0.268 e. The fourth-order valence-corrected chi connectivity index (χ4v) is 2.74. The van der Waals surface area contributed by atoms with Crippen molar-refractivity contribution in [3.05, 3.63) is 59.4 Å². The van der Waals surface area contributed by atoms with Gasteiger partial charge in [-0.3, -0.25) is 9.36 Å². The first kappa shape index (κ1) is 13.8. The first-order chi connectivity index (χ1) is 10.1. The van der Waals surface area contributed by atoms with E-state index in [-0.39, 0.29) is 11.7 Å². The first-order valence-electron chi connectivity index (χ1n) is 6.43. The monoisotopic (exact) mass is 300 g/mol. The summed E-state index contributed by atoms with van der Waals surface area (Å²) < 4.78 is 14.8. The molecule has 0 spiro atoms. The lowest BCUT2D eigenvalue weighted by Crippen LogP contribution is -2.13. The van der Waals surface area contributed by atoms with E-state index in [9.17, 15) is 9.18 Å². The summed E-state index contributed by atoms with van der Waals surface area (Å²) in [7, 11) is 0. The molecule has 0 fully saturated rings. The average molecular weight is 300 g/mol. The van der Waals surface area contributed by atoms with Gasteiger partial charge >= 0.3 is 0 Å². The zero-order valence-electron chi connectivity index (χ0n) is 11.6. The van der Waals surface area contributed by atoms with E-state index in [1.807, 2.05) is 25.3 Å². The third kappa shape index (κ3) is 2.45. The summed E-state index contributed by atoms with van der Waals surface area (Å²) in [5, 5.41) is 0.557. The molecule has 3 aromatic rings. The number of aryl methyl sites for hydroxylation is 1. The number of halogens is 1. The molecule has 0 amide bonds. The van der Waals surface area contributed by atoms with Gasteiger partial charge in [-0.25, -0.2) is 9.37 Å². The van der Waals surface area contributed by atoms with Crippen molar-refractivity contribution < 1.29 is 9.18 Å². The van der Waals surface area contributed by atoms with Crippen molar-refractivity contribution in [1.29, 1.82) is 0 Å². The van der Waals surface area contributed by atoms with Gasteiger partial charge in [0.25, 0.3) is 5.91 Å². The highest BCUT2D eigenvalue weighted by Crippen LogP contribution is 2.24. The second-order valence-electron chi connectivity index (χ2n) is 4.74. The van der Waals surface area contributed by atoms with Crippen LogP contribution in [0.3, 0.4) is 0 Å².